The fourth-order valence-electron chi connectivity index (χ4n) is 4.74. The predicted molar refractivity (Wildman–Crippen MR) is 144 cm³/mol. The third-order valence-electron chi connectivity index (χ3n) is 6.66. The van der Waals surface area contributed by atoms with Crippen LogP contribution >= 0.6 is 0 Å². The van der Waals surface area contributed by atoms with Crippen LogP contribution in [0.25, 0.3) is 10.9 Å². The van der Waals surface area contributed by atoms with Crippen molar-refractivity contribution in [3.63, 3.8) is 0 Å². The highest BCUT2D eigenvalue weighted by atomic mass is 32.2. The van der Waals surface area contributed by atoms with Gasteiger partial charge in [-0.15, -0.1) is 0 Å². The van der Waals surface area contributed by atoms with Crippen molar-refractivity contribution in [1.29, 1.82) is 0 Å². The predicted octanol–water partition coefficient (Wildman–Crippen LogP) is 4.16. The van der Waals surface area contributed by atoms with Crippen LogP contribution in [0.3, 0.4) is 0 Å². The smallest absolute Gasteiger partial charge is 0.264 e. The molecule has 38 heavy (non-hydrogen) atoms. The molecule has 0 unspecified atom stereocenters. The van der Waals surface area contributed by atoms with Gasteiger partial charge in [0.1, 0.15) is 11.3 Å². The molecule has 1 N–H and O–H groups in total. The number of carbonyl (C=O) groups is 1. The largest absolute Gasteiger partial charge is 0.467 e. The van der Waals surface area contributed by atoms with E-state index >= 15 is 0 Å². The third-order valence-corrected chi connectivity index (χ3v) is 8.56. The quantitative estimate of drug-likeness (QED) is 0.344. The van der Waals surface area contributed by atoms with Gasteiger partial charge >= 0.3 is 0 Å². The number of amides is 1. The van der Waals surface area contributed by atoms with E-state index < -0.39 is 21.4 Å². The van der Waals surface area contributed by atoms with Crippen molar-refractivity contribution in [2.75, 3.05) is 24.0 Å². The molecule has 0 radical (unpaired) electrons. The highest BCUT2D eigenvalue weighted by Gasteiger charge is 2.28. The van der Waals surface area contributed by atoms with Gasteiger partial charge in [0, 0.05) is 36.8 Å². The average Bonchev–Trinajstić information content (AvgIpc) is 3.64. The number of ether oxygens (including phenoxy) is 1. The zero-order valence-corrected chi connectivity index (χ0v) is 21.8. The number of hydrogen-bond donors (Lipinski definition) is 1. The van der Waals surface area contributed by atoms with Crippen molar-refractivity contribution < 1.29 is 22.4 Å². The summed E-state index contributed by atoms with van der Waals surface area (Å²) in [5.41, 5.74) is 0.341. The second-order valence-electron chi connectivity index (χ2n) is 9.14. The molecule has 0 spiro atoms. The van der Waals surface area contributed by atoms with Crippen molar-refractivity contribution in [3.05, 3.63) is 94.7 Å². The normalized spacial score (nSPS) is 15.6. The fourth-order valence-corrected chi connectivity index (χ4v) is 6.24. The number of carbonyl (C=O) groups excluding carboxylic acids is 1. The maximum atomic E-state index is 13.6. The Kier molecular flexibility index (Phi) is 7.35. The molecule has 0 bridgehead atoms. The molecular formula is C28H29N3O6S. The number of para-hydroxylation sites is 1. The molecule has 4 aromatic rings. The molecule has 1 atom stereocenters. The number of benzene rings is 2. The first-order valence-electron chi connectivity index (χ1n) is 12.5. The lowest BCUT2D eigenvalue weighted by Crippen LogP contribution is -2.39. The minimum absolute atomic E-state index is 0.0300. The molecule has 9 nitrogen and oxygen atoms in total. The van der Waals surface area contributed by atoms with Crippen molar-refractivity contribution in [2.45, 2.75) is 37.3 Å². The Bertz CT molecular complexity index is 1580. The van der Waals surface area contributed by atoms with Crippen molar-refractivity contribution >= 4 is 32.5 Å². The van der Waals surface area contributed by atoms with Crippen molar-refractivity contribution in [1.82, 2.24) is 9.88 Å². The van der Waals surface area contributed by atoms with E-state index in [1.165, 1.54) is 28.9 Å². The molecule has 5 rings (SSSR count). The maximum Gasteiger partial charge on any atom is 0.264 e. The second-order valence-corrected chi connectivity index (χ2v) is 11.0. The number of pyridine rings is 1. The Hall–Kier alpha value is -3.89. The van der Waals surface area contributed by atoms with Gasteiger partial charge in [-0.05, 0) is 62.2 Å². The average molecular weight is 536 g/mol. The van der Waals surface area contributed by atoms with Gasteiger partial charge in [-0.1, -0.05) is 18.2 Å². The van der Waals surface area contributed by atoms with Crippen molar-refractivity contribution in [2.24, 2.45) is 0 Å². The molecule has 3 heterocycles. The lowest BCUT2D eigenvalue weighted by Gasteiger charge is -2.24. The third kappa shape index (κ3) is 5.09. The maximum absolute atomic E-state index is 13.6. The number of nitrogens with one attached hydrogen (secondary N) is 1. The number of hydrogen-bond acceptors (Lipinski definition) is 6. The Morgan fingerprint density at radius 1 is 1.11 bits per heavy atom. The van der Waals surface area contributed by atoms with Crippen LogP contribution in [0.15, 0.2) is 87.2 Å². The summed E-state index contributed by atoms with van der Waals surface area (Å²) in [6, 6.07) is 16.6. The van der Waals surface area contributed by atoms with E-state index in [-0.39, 0.29) is 35.0 Å². The van der Waals surface area contributed by atoms with Crippen LogP contribution in [0, 0.1) is 0 Å². The van der Waals surface area contributed by atoms with E-state index in [2.05, 4.69) is 4.98 Å². The Morgan fingerprint density at radius 3 is 2.61 bits per heavy atom. The summed E-state index contributed by atoms with van der Waals surface area (Å²) in [6.45, 7) is 3.09. The summed E-state index contributed by atoms with van der Waals surface area (Å²) in [4.78, 5) is 31.7. The van der Waals surface area contributed by atoms with Crippen LogP contribution in [0.2, 0.25) is 0 Å². The molecule has 1 saturated heterocycles. The molecule has 198 valence electrons. The minimum atomic E-state index is -3.96. The van der Waals surface area contributed by atoms with Gasteiger partial charge < -0.3 is 19.0 Å². The number of rotatable bonds is 9. The monoisotopic (exact) mass is 535 g/mol. The summed E-state index contributed by atoms with van der Waals surface area (Å²) < 4.78 is 39.5. The molecule has 1 fully saturated rings. The minimum Gasteiger partial charge on any atom is -0.467 e. The molecule has 1 aliphatic rings. The summed E-state index contributed by atoms with van der Waals surface area (Å²) in [6.07, 6.45) is 4.53. The number of nitrogens with zero attached hydrogens (tertiary/aromatic N) is 2. The van der Waals surface area contributed by atoms with Crippen LogP contribution in [-0.2, 0) is 21.3 Å². The first-order chi connectivity index (χ1) is 18.4. The number of fused-ring (bicyclic) bond motifs is 1. The lowest BCUT2D eigenvalue weighted by molar-refractivity contribution is 0.0490. The molecular weight excluding hydrogens is 506 g/mol. The summed E-state index contributed by atoms with van der Waals surface area (Å²) in [5.74, 6) is 0.107. The van der Waals surface area contributed by atoms with E-state index in [9.17, 15) is 18.0 Å². The molecule has 1 amide bonds. The van der Waals surface area contributed by atoms with Gasteiger partial charge in [-0.3, -0.25) is 13.9 Å². The summed E-state index contributed by atoms with van der Waals surface area (Å²) >= 11 is 0. The topological polar surface area (TPSA) is 113 Å². The first-order valence-corrected chi connectivity index (χ1v) is 14.0. The van der Waals surface area contributed by atoms with Crippen LogP contribution in [0.5, 0.6) is 0 Å². The Balaban J connectivity index is 1.51. The first kappa shape index (κ1) is 25.7. The van der Waals surface area contributed by atoms with Gasteiger partial charge in [0.05, 0.1) is 29.5 Å². The van der Waals surface area contributed by atoms with Crippen molar-refractivity contribution in [3.8, 4) is 0 Å². The number of anilines is 1. The number of aromatic nitrogens is 1. The van der Waals surface area contributed by atoms with Gasteiger partial charge in [-0.25, -0.2) is 8.42 Å². The second kappa shape index (κ2) is 10.8. The standard InChI is InChI=1S/C28H29N3O6S/c1-2-31(20-8-4-3-5-9-20)38(34,35)23-12-13-26-24(16-23)27(32)25(17-29-26)28(33)30(18-21-10-6-14-36-21)19-22-11-7-15-37-22/h3-6,8-10,12-14,16-17,22H,2,7,11,15,18-19H2,1H3,(H,29,32)/t22-/m0/s1. The summed E-state index contributed by atoms with van der Waals surface area (Å²) in [5, 5.41) is 0.121. The zero-order valence-electron chi connectivity index (χ0n) is 21.0. The Morgan fingerprint density at radius 2 is 1.92 bits per heavy atom. The molecule has 2 aromatic carbocycles. The molecule has 10 heteroatoms. The number of furan rings is 1. The van der Waals surface area contributed by atoms with Crippen LogP contribution < -0.4 is 9.73 Å². The molecule has 0 saturated carbocycles. The SMILES string of the molecule is CCN(c1ccccc1)S(=O)(=O)c1ccc2[nH]cc(C(=O)N(Cc3ccco3)C[C@@H]3CCCO3)c(=O)c2c1. The Labute approximate surface area is 220 Å². The van der Waals surface area contributed by atoms with E-state index in [1.807, 2.05) is 6.07 Å². The molecule has 1 aliphatic heterocycles. The van der Waals surface area contributed by atoms with E-state index in [4.69, 9.17) is 9.15 Å². The highest BCUT2D eigenvalue weighted by molar-refractivity contribution is 7.92. The van der Waals surface area contributed by atoms with Gasteiger partial charge in [0.2, 0.25) is 5.43 Å². The number of sulfonamides is 1. The van der Waals surface area contributed by atoms with Crippen LogP contribution in [0.1, 0.15) is 35.9 Å². The van der Waals surface area contributed by atoms with Crippen LogP contribution in [-0.4, -0.2) is 50.0 Å². The van der Waals surface area contributed by atoms with E-state index in [1.54, 1.807) is 54.3 Å². The zero-order chi connectivity index (χ0) is 26.7. The summed E-state index contributed by atoms with van der Waals surface area (Å²) in [7, 11) is -3.96. The molecule has 0 aliphatic carbocycles. The number of aromatic amines is 1. The van der Waals surface area contributed by atoms with Gasteiger partial charge in [0.25, 0.3) is 15.9 Å². The lowest BCUT2D eigenvalue weighted by atomic mass is 10.1. The van der Waals surface area contributed by atoms with Gasteiger partial charge in [-0.2, -0.15) is 0 Å². The van der Waals surface area contributed by atoms with E-state index in [0.29, 0.717) is 30.1 Å². The van der Waals surface area contributed by atoms with Gasteiger partial charge in [0.15, 0.2) is 0 Å². The fraction of sp³-hybridized carbons (Fsp3) is 0.286. The highest BCUT2D eigenvalue weighted by Crippen LogP contribution is 2.25. The molecule has 2 aromatic heterocycles. The van der Waals surface area contributed by atoms with E-state index in [0.717, 1.165) is 12.8 Å². The van der Waals surface area contributed by atoms with Crippen LogP contribution in [0.4, 0.5) is 5.69 Å². The number of H-pyrrole nitrogens is 1.